The van der Waals surface area contributed by atoms with Gasteiger partial charge in [0.15, 0.2) is 5.03 Å². The molecular weight excluding hydrogens is 240 g/mol. The van der Waals surface area contributed by atoms with Gasteiger partial charge in [-0.05, 0) is 25.8 Å². The van der Waals surface area contributed by atoms with E-state index in [0.29, 0.717) is 19.6 Å². The first-order valence-electron chi connectivity index (χ1n) is 5.83. The average molecular weight is 258 g/mol. The van der Waals surface area contributed by atoms with Crippen LogP contribution < -0.4 is 5.73 Å². The van der Waals surface area contributed by atoms with Crippen LogP contribution in [0.4, 0.5) is 0 Å². The molecule has 0 spiro atoms. The molecule has 1 fully saturated rings. The second-order valence-electron chi connectivity index (χ2n) is 4.23. The Balaban J connectivity index is 2.25. The fourth-order valence-corrected chi connectivity index (χ4v) is 3.66. The Kier molecular flexibility index (Phi) is 3.50. The van der Waals surface area contributed by atoms with Gasteiger partial charge in [0.05, 0.1) is 6.20 Å². The summed E-state index contributed by atoms with van der Waals surface area (Å²) in [7, 11) is -3.41. The zero-order valence-corrected chi connectivity index (χ0v) is 10.7. The second-order valence-corrected chi connectivity index (χ2v) is 6.11. The molecule has 7 heteroatoms. The van der Waals surface area contributed by atoms with Crippen LogP contribution >= 0.6 is 0 Å². The Hall–Kier alpha value is -0.920. The zero-order valence-electron chi connectivity index (χ0n) is 9.91. The molecule has 0 amide bonds. The van der Waals surface area contributed by atoms with Gasteiger partial charge in [0.1, 0.15) is 0 Å². The number of hydrogen-bond acceptors (Lipinski definition) is 4. The lowest BCUT2D eigenvalue weighted by atomic mass is 10.1. The number of aromatic nitrogens is 2. The molecule has 2 heterocycles. The lowest BCUT2D eigenvalue weighted by Crippen LogP contribution is -2.43. The SMILES string of the molecule is CCn1nccc1S(=O)(=O)N1CCC(N)CC1. The normalized spacial score (nSPS) is 19.6. The average Bonchev–Trinajstić information content (AvgIpc) is 2.78. The molecule has 6 nitrogen and oxygen atoms in total. The van der Waals surface area contributed by atoms with Crippen molar-refractivity contribution >= 4 is 10.0 Å². The first kappa shape index (κ1) is 12.5. The number of nitrogens with zero attached hydrogens (tertiary/aromatic N) is 3. The quantitative estimate of drug-likeness (QED) is 0.828. The van der Waals surface area contributed by atoms with Crippen LogP contribution in [-0.2, 0) is 16.6 Å². The highest BCUT2D eigenvalue weighted by atomic mass is 32.2. The maximum atomic E-state index is 12.4. The Morgan fingerprint density at radius 3 is 2.71 bits per heavy atom. The van der Waals surface area contributed by atoms with E-state index in [-0.39, 0.29) is 11.1 Å². The van der Waals surface area contributed by atoms with Crippen LogP contribution in [0.2, 0.25) is 0 Å². The minimum atomic E-state index is -3.41. The monoisotopic (exact) mass is 258 g/mol. The summed E-state index contributed by atoms with van der Waals surface area (Å²) in [6, 6.07) is 1.67. The van der Waals surface area contributed by atoms with Crippen molar-refractivity contribution in [3.05, 3.63) is 12.3 Å². The van der Waals surface area contributed by atoms with Crippen molar-refractivity contribution < 1.29 is 8.42 Å². The largest absolute Gasteiger partial charge is 0.328 e. The topological polar surface area (TPSA) is 81.2 Å². The summed E-state index contributed by atoms with van der Waals surface area (Å²) < 4.78 is 27.7. The molecule has 0 bridgehead atoms. The predicted octanol–water partition coefficient (Wildman–Crippen LogP) is 0.0148. The van der Waals surface area contributed by atoms with Crippen LogP contribution in [0.1, 0.15) is 19.8 Å². The van der Waals surface area contributed by atoms with Crippen LogP contribution in [-0.4, -0.2) is 41.6 Å². The summed E-state index contributed by atoms with van der Waals surface area (Å²) in [4.78, 5) is 0. The molecule has 1 aromatic rings. The van der Waals surface area contributed by atoms with Crippen molar-refractivity contribution in [1.82, 2.24) is 14.1 Å². The number of piperidine rings is 1. The molecule has 1 aromatic heterocycles. The zero-order chi connectivity index (χ0) is 12.5. The molecule has 0 saturated carbocycles. The van der Waals surface area contributed by atoms with Gasteiger partial charge in [-0.25, -0.2) is 8.42 Å². The minimum absolute atomic E-state index is 0.123. The second kappa shape index (κ2) is 4.75. The van der Waals surface area contributed by atoms with Crippen molar-refractivity contribution in [3.63, 3.8) is 0 Å². The third kappa shape index (κ3) is 2.36. The van der Waals surface area contributed by atoms with Crippen molar-refractivity contribution in [2.75, 3.05) is 13.1 Å². The van der Waals surface area contributed by atoms with Gasteiger partial charge in [-0.1, -0.05) is 0 Å². The summed E-state index contributed by atoms with van der Waals surface area (Å²) in [6.45, 7) is 3.42. The van der Waals surface area contributed by atoms with Gasteiger partial charge in [0, 0.05) is 25.7 Å². The highest BCUT2D eigenvalue weighted by Crippen LogP contribution is 2.19. The first-order chi connectivity index (χ1) is 8.05. The van der Waals surface area contributed by atoms with Gasteiger partial charge in [-0.15, -0.1) is 0 Å². The van der Waals surface area contributed by atoms with E-state index in [1.165, 1.54) is 15.2 Å². The summed E-state index contributed by atoms with van der Waals surface area (Å²) in [5.41, 5.74) is 5.78. The fourth-order valence-electron chi connectivity index (χ4n) is 2.03. The number of aryl methyl sites for hydroxylation is 1. The summed E-state index contributed by atoms with van der Waals surface area (Å²) in [5, 5.41) is 4.27. The van der Waals surface area contributed by atoms with Gasteiger partial charge in [-0.3, -0.25) is 4.68 Å². The van der Waals surface area contributed by atoms with E-state index in [1.54, 1.807) is 6.07 Å². The molecular formula is C10H18N4O2S. The van der Waals surface area contributed by atoms with Crippen LogP contribution in [0.25, 0.3) is 0 Å². The highest BCUT2D eigenvalue weighted by Gasteiger charge is 2.30. The van der Waals surface area contributed by atoms with E-state index in [4.69, 9.17) is 5.73 Å². The molecule has 1 saturated heterocycles. The Bertz CT molecular complexity index is 474. The van der Waals surface area contributed by atoms with Crippen molar-refractivity contribution in [2.45, 2.75) is 37.4 Å². The number of nitrogens with two attached hydrogens (primary N) is 1. The smallest absolute Gasteiger partial charge is 0.260 e. The van der Waals surface area contributed by atoms with E-state index in [9.17, 15) is 8.42 Å². The first-order valence-corrected chi connectivity index (χ1v) is 7.27. The number of hydrogen-bond donors (Lipinski definition) is 1. The number of sulfonamides is 1. The Morgan fingerprint density at radius 2 is 2.12 bits per heavy atom. The summed E-state index contributed by atoms with van der Waals surface area (Å²) in [5.74, 6) is 0. The van der Waals surface area contributed by atoms with Crippen LogP contribution in [0, 0.1) is 0 Å². The Morgan fingerprint density at radius 1 is 1.47 bits per heavy atom. The van der Waals surface area contributed by atoms with Crippen LogP contribution in [0.3, 0.4) is 0 Å². The van der Waals surface area contributed by atoms with E-state index in [0.717, 1.165) is 12.8 Å². The van der Waals surface area contributed by atoms with Crippen molar-refractivity contribution in [1.29, 1.82) is 0 Å². The van der Waals surface area contributed by atoms with Crippen molar-refractivity contribution in [2.24, 2.45) is 5.73 Å². The summed E-state index contributed by atoms with van der Waals surface area (Å²) >= 11 is 0. The van der Waals surface area contributed by atoms with E-state index >= 15 is 0 Å². The molecule has 0 radical (unpaired) electrons. The Labute approximate surface area is 101 Å². The van der Waals surface area contributed by atoms with Crippen LogP contribution in [0.15, 0.2) is 17.3 Å². The van der Waals surface area contributed by atoms with E-state index in [2.05, 4.69) is 5.10 Å². The van der Waals surface area contributed by atoms with Gasteiger partial charge < -0.3 is 5.73 Å². The minimum Gasteiger partial charge on any atom is -0.328 e. The lowest BCUT2D eigenvalue weighted by Gasteiger charge is -2.29. The molecule has 2 N–H and O–H groups in total. The van der Waals surface area contributed by atoms with Crippen molar-refractivity contribution in [3.8, 4) is 0 Å². The van der Waals surface area contributed by atoms with E-state index < -0.39 is 10.0 Å². The molecule has 0 aliphatic carbocycles. The maximum absolute atomic E-state index is 12.4. The lowest BCUT2D eigenvalue weighted by molar-refractivity contribution is 0.317. The van der Waals surface area contributed by atoms with Crippen LogP contribution in [0.5, 0.6) is 0 Å². The molecule has 0 aromatic carbocycles. The molecule has 2 rings (SSSR count). The van der Waals surface area contributed by atoms with Gasteiger partial charge in [0.2, 0.25) is 0 Å². The van der Waals surface area contributed by atoms with Gasteiger partial charge >= 0.3 is 0 Å². The van der Waals surface area contributed by atoms with Gasteiger partial charge in [-0.2, -0.15) is 9.40 Å². The molecule has 0 atom stereocenters. The number of rotatable bonds is 3. The molecule has 1 aliphatic heterocycles. The molecule has 1 aliphatic rings. The molecule has 17 heavy (non-hydrogen) atoms. The van der Waals surface area contributed by atoms with Gasteiger partial charge in [0.25, 0.3) is 10.0 Å². The predicted molar refractivity (Wildman–Crippen MR) is 63.9 cm³/mol. The molecule has 96 valence electrons. The van der Waals surface area contributed by atoms with E-state index in [1.807, 2.05) is 6.92 Å². The summed E-state index contributed by atoms with van der Waals surface area (Å²) in [6.07, 6.45) is 2.96. The third-order valence-corrected chi connectivity index (χ3v) is 5.00. The maximum Gasteiger partial charge on any atom is 0.260 e. The highest BCUT2D eigenvalue weighted by molar-refractivity contribution is 7.89. The third-order valence-electron chi connectivity index (χ3n) is 3.08. The fraction of sp³-hybridized carbons (Fsp3) is 0.700. The molecule has 0 unspecified atom stereocenters. The standard InChI is InChI=1S/C10H18N4O2S/c1-2-14-10(3-6-12-14)17(15,16)13-7-4-9(11)5-8-13/h3,6,9H,2,4-5,7-8,11H2,1H3.